The summed E-state index contributed by atoms with van der Waals surface area (Å²) in [6.07, 6.45) is 6.89. The molecule has 2 fully saturated rings. The van der Waals surface area contributed by atoms with Gasteiger partial charge in [-0.2, -0.15) is 0 Å². The van der Waals surface area contributed by atoms with Crippen LogP contribution in [0.5, 0.6) is 0 Å². The number of hydrogen-bond donors (Lipinski definition) is 3. The molecule has 3 unspecified atom stereocenters. The second kappa shape index (κ2) is 6.76. The van der Waals surface area contributed by atoms with E-state index in [0.717, 1.165) is 44.9 Å². The Bertz CT molecular complexity index is 329. The molecule has 5 heteroatoms. The van der Waals surface area contributed by atoms with Crippen LogP contribution in [0.1, 0.15) is 58.8 Å². The minimum Gasteiger partial charge on any atom is -0.388 e. The van der Waals surface area contributed by atoms with Crippen molar-refractivity contribution in [3.05, 3.63) is 0 Å². The molecule has 3 atom stereocenters. The van der Waals surface area contributed by atoms with Crippen LogP contribution in [-0.2, 0) is 4.74 Å². The zero-order chi connectivity index (χ0) is 14.6. The fraction of sp³-hybridized carbons (Fsp3) is 0.933. The summed E-state index contributed by atoms with van der Waals surface area (Å²) in [7, 11) is 0. The largest absolute Gasteiger partial charge is 0.388 e. The van der Waals surface area contributed by atoms with E-state index in [9.17, 15) is 9.90 Å². The molecule has 0 aromatic heterocycles. The summed E-state index contributed by atoms with van der Waals surface area (Å²) >= 11 is 0. The quantitative estimate of drug-likeness (QED) is 0.669. The molecule has 0 aromatic carbocycles. The lowest BCUT2D eigenvalue weighted by Gasteiger charge is -2.28. The lowest BCUT2D eigenvalue weighted by Crippen LogP contribution is -2.50. The molecule has 116 valence electrons. The number of nitrogens with one attached hydrogen (secondary N) is 2. The third kappa shape index (κ3) is 3.85. The maximum atomic E-state index is 11.9. The van der Waals surface area contributed by atoms with Crippen molar-refractivity contribution in [2.45, 2.75) is 82.6 Å². The van der Waals surface area contributed by atoms with Gasteiger partial charge in [0.15, 0.2) is 0 Å². The van der Waals surface area contributed by atoms with Gasteiger partial charge in [-0.05, 0) is 32.1 Å². The SMILES string of the molecule is CCCC(O)(CCC)CNC(=O)NC1CC2CCC1O2. The average Bonchev–Trinajstić information content (AvgIpc) is 2.99. The number of ether oxygens (including phenoxy) is 1. The second-order valence-electron chi connectivity index (χ2n) is 6.27. The first-order valence-corrected chi connectivity index (χ1v) is 7.98. The molecule has 2 saturated heterocycles. The first-order valence-electron chi connectivity index (χ1n) is 7.98. The Morgan fingerprint density at radius 3 is 2.50 bits per heavy atom. The topological polar surface area (TPSA) is 70.6 Å². The number of urea groups is 1. The van der Waals surface area contributed by atoms with E-state index >= 15 is 0 Å². The van der Waals surface area contributed by atoms with E-state index in [4.69, 9.17) is 4.74 Å². The maximum absolute atomic E-state index is 11.9. The summed E-state index contributed by atoms with van der Waals surface area (Å²) in [5, 5.41) is 16.3. The van der Waals surface area contributed by atoms with Gasteiger partial charge in [-0.15, -0.1) is 0 Å². The van der Waals surface area contributed by atoms with Crippen molar-refractivity contribution >= 4 is 6.03 Å². The van der Waals surface area contributed by atoms with Crippen LogP contribution in [-0.4, -0.2) is 41.5 Å². The van der Waals surface area contributed by atoms with E-state index in [1.165, 1.54) is 0 Å². The van der Waals surface area contributed by atoms with Crippen LogP contribution in [0.3, 0.4) is 0 Å². The molecular weight excluding hydrogens is 256 g/mol. The minimum atomic E-state index is -0.772. The van der Waals surface area contributed by atoms with E-state index < -0.39 is 5.60 Å². The second-order valence-corrected chi connectivity index (χ2v) is 6.27. The number of carbonyl (C=O) groups excluding carboxylic acids is 1. The van der Waals surface area contributed by atoms with Gasteiger partial charge in [0, 0.05) is 6.54 Å². The van der Waals surface area contributed by atoms with Crippen molar-refractivity contribution in [3.63, 3.8) is 0 Å². The van der Waals surface area contributed by atoms with Gasteiger partial charge in [0.05, 0.1) is 23.9 Å². The Morgan fingerprint density at radius 2 is 2.00 bits per heavy atom. The number of carbonyl (C=O) groups is 1. The smallest absolute Gasteiger partial charge is 0.315 e. The Labute approximate surface area is 121 Å². The van der Waals surface area contributed by atoms with Crippen LogP contribution in [0, 0.1) is 0 Å². The highest BCUT2D eigenvalue weighted by molar-refractivity contribution is 5.74. The third-order valence-corrected chi connectivity index (χ3v) is 4.43. The van der Waals surface area contributed by atoms with Crippen molar-refractivity contribution < 1.29 is 14.6 Å². The summed E-state index contributed by atoms with van der Waals surface area (Å²) in [4.78, 5) is 11.9. The van der Waals surface area contributed by atoms with Gasteiger partial charge in [-0.1, -0.05) is 26.7 Å². The summed E-state index contributed by atoms with van der Waals surface area (Å²) in [6.45, 7) is 4.42. The van der Waals surface area contributed by atoms with Crippen molar-refractivity contribution in [3.8, 4) is 0 Å². The average molecular weight is 284 g/mol. The molecule has 2 aliphatic rings. The van der Waals surface area contributed by atoms with Crippen molar-refractivity contribution in [2.75, 3.05) is 6.54 Å². The van der Waals surface area contributed by atoms with Gasteiger partial charge >= 0.3 is 6.03 Å². The zero-order valence-electron chi connectivity index (χ0n) is 12.7. The predicted molar refractivity (Wildman–Crippen MR) is 77.6 cm³/mol. The molecule has 0 saturated carbocycles. The predicted octanol–water partition coefficient (Wildman–Crippen LogP) is 1.94. The summed E-state index contributed by atoms with van der Waals surface area (Å²) in [5.41, 5.74) is -0.772. The Balaban J connectivity index is 1.73. The zero-order valence-corrected chi connectivity index (χ0v) is 12.7. The molecule has 0 radical (unpaired) electrons. The molecule has 3 N–H and O–H groups in total. The first-order chi connectivity index (χ1) is 9.56. The number of aliphatic hydroxyl groups is 1. The van der Waals surface area contributed by atoms with E-state index in [2.05, 4.69) is 10.6 Å². The molecule has 0 spiro atoms. The number of amides is 2. The van der Waals surface area contributed by atoms with E-state index in [1.807, 2.05) is 13.8 Å². The third-order valence-electron chi connectivity index (χ3n) is 4.43. The van der Waals surface area contributed by atoms with E-state index in [-0.39, 0.29) is 18.2 Å². The van der Waals surface area contributed by atoms with E-state index in [0.29, 0.717) is 12.6 Å². The highest BCUT2D eigenvalue weighted by Crippen LogP contribution is 2.34. The van der Waals surface area contributed by atoms with Crippen molar-refractivity contribution in [1.82, 2.24) is 10.6 Å². The molecule has 0 aromatic rings. The van der Waals surface area contributed by atoms with Gasteiger partial charge in [0.2, 0.25) is 0 Å². The van der Waals surface area contributed by atoms with Gasteiger partial charge in [-0.3, -0.25) is 0 Å². The summed E-state index contributed by atoms with van der Waals surface area (Å²) in [6, 6.07) is -0.0454. The lowest BCUT2D eigenvalue weighted by atomic mass is 9.92. The monoisotopic (exact) mass is 284 g/mol. The highest BCUT2D eigenvalue weighted by Gasteiger charge is 2.41. The van der Waals surface area contributed by atoms with Crippen LogP contribution in [0.25, 0.3) is 0 Å². The molecule has 5 nitrogen and oxygen atoms in total. The fourth-order valence-electron chi connectivity index (χ4n) is 3.49. The standard InChI is InChI=1S/C15H28N2O3/c1-3-7-15(19,8-4-2)10-16-14(18)17-12-9-11-5-6-13(12)20-11/h11-13,19H,3-10H2,1-2H3,(H2,16,17,18). The van der Waals surface area contributed by atoms with Crippen molar-refractivity contribution in [2.24, 2.45) is 0 Å². The molecule has 2 amide bonds. The van der Waals surface area contributed by atoms with Crippen LogP contribution in [0.4, 0.5) is 4.79 Å². The van der Waals surface area contributed by atoms with Crippen LogP contribution >= 0.6 is 0 Å². The number of hydrogen-bond acceptors (Lipinski definition) is 3. The Kier molecular flexibility index (Phi) is 5.27. The molecule has 2 rings (SSSR count). The lowest BCUT2D eigenvalue weighted by molar-refractivity contribution is 0.0239. The Hall–Kier alpha value is -0.810. The first kappa shape index (κ1) is 15.6. The van der Waals surface area contributed by atoms with Gasteiger partial charge in [-0.25, -0.2) is 4.79 Å². The number of rotatable bonds is 7. The summed E-state index contributed by atoms with van der Waals surface area (Å²) < 4.78 is 5.72. The van der Waals surface area contributed by atoms with Gasteiger partial charge in [0.25, 0.3) is 0 Å². The van der Waals surface area contributed by atoms with Gasteiger partial charge < -0.3 is 20.5 Å². The van der Waals surface area contributed by atoms with Crippen LogP contribution in [0.2, 0.25) is 0 Å². The van der Waals surface area contributed by atoms with Crippen LogP contribution < -0.4 is 10.6 Å². The fourth-order valence-corrected chi connectivity index (χ4v) is 3.49. The molecule has 2 aliphatic heterocycles. The van der Waals surface area contributed by atoms with Crippen molar-refractivity contribution in [1.29, 1.82) is 0 Å². The molecule has 0 aliphatic carbocycles. The molecule has 2 heterocycles. The van der Waals surface area contributed by atoms with Crippen LogP contribution in [0.15, 0.2) is 0 Å². The molecule has 2 bridgehead atoms. The molecular formula is C15H28N2O3. The minimum absolute atomic E-state index is 0.138. The normalized spacial score (nSPS) is 28.6. The highest BCUT2D eigenvalue weighted by atomic mass is 16.5. The van der Waals surface area contributed by atoms with E-state index in [1.54, 1.807) is 0 Å². The number of fused-ring (bicyclic) bond motifs is 2. The van der Waals surface area contributed by atoms with Gasteiger partial charge in [0.1, 0.15) is 0 Å². The maximum Gasteiger partial charge on any atom is 0.315 e. The molecule has 20 heavy (non-hydrogen) atoms. The summed E-state index contributed by atoms with van der Waals surface area (Å²) in [5.74, 6) is 0. The Morgan fingerprint density at radius 1 is 1.30 bits per heavy atom.